The van der Waals surface area contributed by atoms with Gasteiger partial charge in [-0.3, -0.25) is 0 Å². The summed E-state index contributed by atoms with van der Waals surface area (Å²) in [6.45, 7) is 8.57. The number of hydrogen-bond acceptors (Lipinski definition) is 7. The Morgan fingerprint density at radius 2 is 1.92 bits per heavy atom. The number of halogens is 3. The first kappa shape index (κ1) is 27.2. The summed E-state index contributed by atoms with van der Waals surface area (Å²) in [6.07, 6.45) is 0.843. The molecule has 2 aromatic carbocycles. The normalized spacial score (nSPS) is 26.7. The van der Waals surface area contributed by atoms with Crippen molar-refractivity contribution in [2.45, 2.75) is 51.7 Å². The zero-order chi connectivity index (χ0) is 27.4. The molecule has 3 aliphatic heterocycles. The van der Waals surface area contributed by atoms with Crippen LogP contribution in [-0.4, -0.2) is 34.6 Å². The van der Waals surface area contributed by atoms with Crippen molar-refractivity contribution in [1.29, 1.82) is 0 Å². The quantitative estimate of drug-likeness (QED) is 0.326. The second-order valence-corrected chi connectivity index (χ2v) is 12.2. The fourth-order valence-corrected chi connectivity index (χ4v) is 6.97. The Labute approximate surface area is 235 Å². The SMILES string of the molecule is CC(C)C1=C(C(=O)OC(=O)[C@H]2NCC[C@H]2C)SC2=N[C@@](C)(c3ccc(Cl)cc3)[C@@H](c3ccc(Cl)c(F)c3)N21. The van der Waals surface area contributed by atoms with Crippen LogP contribution in [0.3, 0.4) is 0 Å². The molecule has 6 nitrogen and oxygen atoms in total. The van der Waals surface area contributed by atoms with Crippen molar-refractivity contribution in [1.82, 2.24) is 10.2 Å². The summed E-state index contributed by atoms with van der Waals surface area (Å²) in [4.78, 5) is 33.5. The standard InChI is InChI=1S/C28H28Cl2FN3O3S/c1-14(2)22-23(26(36)37-25(35)21-15(3)11-12-32-21)38-27-33-28(4,17-6-8-18(29)9-7-17)24(34(22)27)16-5-10-19(30)20(31)13-16/h5-10,13-15,21,24,32H,11-12H2,1-4H3/t15-,21+,24-,28+/m1/s1. The van der Waals surface area contributed by atoms with Crippen LogP contribution in [0.5, 0.6) is 0 Å². The van der Waals surface area contributed by atoms with Crippen molar-refractivity contribution in [2.75, 3.05) is 6.54 Å². The summed E-state index contributed by atoms with van der Waals surface area (Å²) in [5.41, 5.74) is 1.38. The molecule has 0 aromatic heterocycles. The molecule has 38 heavy (non-hydrogen) atoms. The Bertz CT molecular complexity index is 1360. The molecule has 0 amide bonds. The van der Waals surface area contributed by atoms with E-state index in [1.54, 1.807) is 18.2 Å². The molecule has 1 saturated heterocycles. The van der Waals surface area contributed by atoms with E-state index in [1.165, 1.54) is 23.9 Å². The van der Waals surface area contributed by atoms with E-state index in [-0.39, 0.29) is 16.9 Å². The van der Waals surface area contributed by atoms with Gasteiger partial charge in [0.1, 0.15) is 22.3 Å². The zero-order valence-electron chi connectivity index (χ0n) is 21.4. The topological polar surface area (TPSA) is 71.0 Å². The smallest absolute Gasteiger partial charge is 0.354 e. The van der Waals surface area contributed by atoms with Crippen molar-refractivity contribution in [2.24, 2.45) is 16.8 Å². The van der Waals surface area contributed by atoms with Gasteiger partial charge in [-0.1, -0.05) is 62.2 Å². The Balaban J connectivity index is 1.57. The first-order chi connectivity index (χ1) is 18.0. The van der Waals surface area contributed by atoms with E-state index in [4.69, 9.17) is 32.9 Å². The number of aliphatic imine (C=N–C) groups is 1. The Morgan fingerprint density at radius 3 is 2.53 bits per heavy atom. The Hall–Kier alpha value is -2.39. The monoisotopic (exact) mass is 575 g/mol. The van der Waals surface area contributed by atoms with E-state index >= 15 is 0 Å². The number of fused-ring (bicyclic) bond motifs is 1. The third kappa shape index (κ3) is 4.66. The van der Waals surface area contributed by atoms with E-state index in [1.807, 2.05) is 44.7 Å². The molecule has 5 rings (SSSR count). The third-order valence-electron chi connectivity index (χ3n) is 7.41. The number of carbonyl (C=O) groups excluding carboxylic acids is 2. The number of esters is 2. The largest absolute Gasteiger partial charge is 0.388 e. The number of ether oxygens (including phenoxy) is 1. The molecule has 0 saturated carbocycles. The summed E-state index contributed by atoms with van der Waals surface area (Å²) in [7, 11) is 0. The lowest BCUT2D eigenvalue weighted by atomic mass is 9.81. The van der Waals surface area contributed by atoms with Crippen molar-refractivity contribution < 1.29 is 18.7 Å². The predicted molar refractivity (Wildman–Crippen MR) is 148 cm³/mol. The van der Waals surface area contributed by atoms with Gasteiger partial charge in [0, 0.05) is 10.7 Å². The second-order valence-electron chi connectivity index (χ2n) is 10.4. The molecule has 0 unspecified atom stereocenters. The summed E-state index contributed by atoms with van der Waals surface area (Å²) in [6, 6.07) is 11.1. The van der Waals surface area contributed by atoms with Crippen molar-refractivity contribution in [3.05, 3.63) is 80.1 Å². The first-order valence-corrected chi connectivity index (χ1v) is 14.1. The molecule has 200 valence electrons. The fourth-order valence-electron chi connectivity index (χ4n) is 5.45. The Kier molecular flexibility index (Phi) is 7.37. The van der Waals surface area contributed by atoms with Crippen LogP contribution in [0, 0.1) is 17.7 Å². The van der Waals surface area contributed by atoms with Crippen molar-refractivity contribution in [3.63, 3.8) is 0 Å². The van der Waals surface area contributed by atoms with Gasteiger partial charge >= 0.3 is 11.9 Å². The molecule has 1 fully saturated rings. The first-order valence-electron chi connectivity index (χ1n) is 12.5. The molecular formula is C28H28Cl2FN3O3S. The lowest BCUT2D eigenvalue weighted by Gasteiger charge is -2.37. The molecule has 1 N–H and O–H groups in total. The number of amidine groups is 1. The van der Waals surface area contributed by atoms with Gasteiger partial charge in [0.25, 0.3) is 0 Å². The van der Waals surface area contributed by atoms with Crippen LogP contribution >= 0.6 is 35.0 Å². The minimum absolute atomic E-state index is 0.0223. The molecule has 4 atom stereocenters. The summed E-state index contributed by atoms with van der Waals surface area (Å²) in [5.74, 6) is -1.85. The van der Waals surface area contributed by atoms with E-state index in [2.05, 4.69) is 5.32 Å². The molecule has 3 aliphatic rings. The number of hydrogen-bond donors (Lipinski definition) is 1. The van der Waals surface area contributed by atoms with Crippen LogP contribution < -0.4 is 5.32 Å². The molecule has 10 heteroatoms. The van der Waals surface area contributed by atoms with Gasteiger partial charge in [0.05, 0.1) is 11.1 Å². The number of nitrogens with zero attached hydrogens (tertiary/aromatic N) is 2. The molecular weight excluding hydrogens is 548 g/mol. The van der Waals surface area contributed by atoms with Crippen LogP contribution in [0.4, 0.5) is 4.39 Å². The van der Waals surface area contributed by atoms with Crippen LogP contribution in [0.2, 0.25) is 10.0 Å². The molecule has 0 aliphatic carbocycles. The van der Waals surface area contributed by atoms with Gasteiger partial charge < -0.3 is 15.0 Å². The number of nitrogens with one attached hydrogen (secondary N) is 1. The maximum absolute atomic E-state index is 14.7. The summed E-state index contributed by atoms with van der Waals surface area (Å²) in [5, 5.41) is 4.30. The van der Waals surface area contributed by atoms with Gasteiger partial charge in [-0.25, -0.2) is 19.0 Å². The summed E-state index contributed by atoms with van der Waals surface area (Å²) < 4.78 is 20.1. The minimum atomic E-state index is -0.832. The number of carbonyl (C=O) groups is 2. The number of thioether (sulfide) groups is 1. The lowest BCUT2D eigenvalue weighted by Crippen LogP contribution is -2.38. The molecule has 0 bridgehead atoms. The number of allylic oxidation sites excluding steroid dienone is 1. The van der Waals surface area contributed by atoms with Gasteiger partial charge in [-0.2, -0.15) is 0 Å². The van der Waals surface area contributed by atoms with Crippen LogP contribution in [0.1, 0.15) is 51.3 Å². The molecule has 0 radical (unpaired) electrons. The molecule has 2 aromatic rings. The highest BCUT2D eigenvalue weighted by atomic mass is 35.5. The van der Waals surface area contributed by atoms with Crippen molar-refractivity contribution >= 4 is 52.1 Å². The fraction of sp³-hybridized carbons (Fsp3) is 0.393. The highest BCUT2D eigenvalue weighted by Crippen LogP contribution is 2.56. The maximum Gasteiger partial charge on any atom is 0.354 e. The van der Waals surface area contributed by atoms with Crippen molar-refractivity contribution in [3.8, 4) is 0 Å². The average molecular weight is 577 g/mol. The number of benzene rings is 2. The highest BCUT2D eigenvalue weighted by Gasteiger charge is 2.53. The average Bonchev–Trinajstić information content (AvgIpc) is 3.53. The Morgan fingerprint density at radius 1 is 1.21 bits per heavy atom. The van der Waals surface area contributed by atoms with E-state index < -0.39 is 35.4 Å². The van der Waals surface area contributed by atoms with E-state index in [0.717, 1.165) is 12.0 Å². The molecule has 3 heterocycles. The van der Waals surface area contributed by atoms with Crippen LogP contribution in [0.15, 0.2) is 58.1 Å². The second kappa shape index (κ2) is 10.3. The third-order valence-corrected chi connectivity index (χ3v) is 9.02. The van der Waals surface area contributed by atoms with Crippen LogP contribution in [-0.2, 0) is 19.9 Å². The van der Waals surface area contributed by atoms with Gasteiger partial charge in [0.15, 0.2) is 5.17 Å². The zero-order valence-corrected chi connectivity index (χ0v) is 23.8. The van der Waals surface area contributed by atoms with E-state index in [9.17, 15) is 14.0 Å². The van der Waals surface area contributed by atoms with Gasteiger partial charge in [-0.15, -0.1) is 0 Å². The van der Waals surface area contributed by atoms with Gasteiger partial charge in [0.2, 0.25) is 0 Å². The van der Waals surface area contributed by atoms with E-state index in [0.29, 0.717) is 32.9 Å². The predicted octanol–water partition coefficient (Wildman–Crippen LogP) is 6.44. The maximum atomic E-state index is 14.7. The van der Waals surface area contributed by atoms with Crippen LogP contribution in [0.25, 0.3) is 0 Å². The number of rotatable bonds is 5. The highest BCUT2D eigenvalue weighted by molar-refractivity contribution is 8.18. The van der Waals surface area contributed by atoms with Gasteiger partial charge in [-0.05, 0) is 78.9 Å². The minimum Gasteiger partial charge on any atom is -0.388 e. The summed E-state index contributed by atoms with van der Waals surface area (Å²) >= 11 is 13.4. The molecule has 0 spiro atoms. The lowest BCUT2D eigenvalue weighted by molar-refractivity contribution is -0.158.